The molecule has 0 atom stereocenters. The maximum Gasteiger partial charge on any atom is 0.268 e. The topological polar surface area (TPSA) is 49.4 Å². The van der Waals surface area contributed by atoms with Crippen molar-refractivity contribution in [1.82, 2.24) is 5.32 Å². The van der Waals surface area contributed by atoms with E-state index in [0.29, 0.717) is 22.7 Å². The lowest BCUT2D eigenvalue weighted by Gasteiger charge is -2.31. The Morgan fingerprint density at radius 1 is 0.818 bits per heavy atom. The Kier molecular flexibility index (Phi) is 6.71. The van der Waals surface area contributed by atoms with Crippen molar-refractivity contribution in [3.05, 3.63) is 124 Å². The van der Waals surface area contributed by atoms with Crippen LogP contribution in [0.15, 0.2) is 102 Å². The minimum atomic E-state index is -0.411. The third kappa shape index (κ3) is 4.73. The number of amides is 2. The summed E-state index contributed by atoms with van der Waals surface area (Å²) < 4.78 is 0. The van der Waals surface area contributed by atoms with Gasteiger partial charge in [-0.05, 0) is 41.6 Å². The molecule has 4 rings (SSSR count). The van der Waals surface area contributed by atoms with Crippen LogP contribution < -0.4 is 10.2 Å². The van der Waals surface area contributed by atoms with Crippen LogP contribution in [0.25, 0.3) is 0 Å². The molecular weight excluding hydrogens is 428 g/mol. The maximum atomic E-state index is 13.3. The van der Waals surface area contributed by atoms with Crippen LogP contribution in [0.4, 0.5) is 5.69 Å². The molecule has 5 heteroatoms. The zero-order chi connectivity index (χ0) is 23.3. The second kappa shape index (κ2) is 9.84. The minimum absolute atomic E-state index is 0.136. The van der Waals surface area contributed by atoms with Crippen LogP contribution in [-0.4, -0.2) is 25.4 Å². The van der Waals surface area contributed by atoms with Crippen molar-refractivity contribution >= 4 is 28.8 Å². The number of hydrogen-bond donors (Lipinski definition) is 1. The van der Waals surface area contributed by atoms with Gasteiger partial charge in [0.15, 0.2) is 0 Å². The molecule has 0 bridgehead atoms. The Morgan fingerprint density at radius 2 is 1.39 bits per heavy atom. The number of benzene rings is 3. The predicted octanol–water partition coefficient (Wildman–Crippen LogP) is 5.76. The van der Waals surface area contributed by atoms with Gasteiger partial charge in [-0.2, -0.15) is 0 Å². The largest absolute Gasteiger partial charge is 0.351 e. The van der Waals surface area contributed by atoms with Crippen LogP contribution in [0, 0.1) is 0 Å². The fourth-order valence-corrected chi connectivity index (χ4v) is 4.67. The molecule has 3 aromatic carbocycles. The molecule has 0 saturated heterocycles. The summed E-state index contributed by atoms with van der Waals surface area (Å²) >= 11 is 1.39. The summed E-state index contributed by atoms with van der Waals surface area (Å²) in [5, 5.41) is 5.00. The molecule has 1 heterocycles. The first-order valence-corrected chi connectivity index (χ1v) is 11.7. The maximum absolute atomic E-state index is 13.3. The molecule has 4 nitrogen and oxygen atoms in total. The molecular formula is C28H26N2O2S. The number of nitrogens with zero attached hydrogens (tertiary/aromatic N) is 1. The Hall–Kier alpha value is -3.70. The van der Waals surface area contributed by atoms with Crippen molar-refractivity contribution in [2.75, 3.05) is 18.5 Å². The van der Waals surface area contributed by atoms with Crippen molar-refractivity contribution in [2.24, 2.45) is 0 Å². The summed E-state index contributed by atoms with van der Waals surface area (Å²) in [6, 6.07) is 31.2. The Bertz CT molecular complexity index is 1180. The molecule has 33 heavy (non-hydrogen) atoms. The van der Waals surface area contributed by atoms with Gasteiger partial charge in [-0.25, -0.2) is 0 Å². The van der Waals surface area contributed by atoms with E-state index in [-0.39, 0.29) is 11.8 Å². The molecule has 4 aromatic rings. The fourth-order valence-electron chi connectivity index (χ4n) is 3.97. The highest BCUT2D eigenvalue weighted by molar-refractivity contribution is 7.12. The molecule has 0 unspecified atom stereocenters. The normalized spacial score (nSPS) is 11.1. The van der Waals surface area contributed by atoms with E-state index in [0.717, 1.165) is 11.1 Å². The van der Waals surface area contributed by atoms with Crippen molar-refractivity contribution in [3.8, 4) is 0 Å². The van der Waals surface area contributed by atoms with Gasteiger partial charge in [-0.1, -0.05) is 78.9 Å². The van der Waals surface area contributed by atoms with E-state index in [1.165, 1.54) is 16.2 Å². The molecule has 0 radical (unpaired) electrons. The van der Waals surface area contributed by atoms with E-state index in [4.69, 9.17) is 0 Å². The van der Waals surface area contributed by atoms with Gasteiger partial charge in [0, 0.05) is 19.0 Å². The molecule has 0 saturated carbocycles. The van der Waals surface area contributed by atoms with Crippen LogP contribution in [0.2, 0.25) is 0 Å². The highest BCUT2D eigenvalue weighted by Gasteiger charge is 2.30. The third-order valence-corrected chi connectivity index (χ3v) is 6.83. The smallest absolute Gasteiger partial charge is 0.268 e. The fraction of sp³-hybridized carbons (Fsp3) is 0.143. The Labute approximate surface area is 198 Å². The highest BCUT2D eigenvalue weighted by atomic mass is 32.1. The molecule has 0 fully saturated rings. The van der Waals surface area contributed by atoms with Crippen molar-refractivity contribution < 1.29 is 9.59 Å². The Morgan fingerprint density at radius 3 is 1.97 bits per heavy atom. The van der Waals surface area contributed by atoms with Crippen LogP contribution in [0.5, 0.6) is 0 Å². The quantitative estimate of drug-likeness (QED) is 0.386. The van der Waals surface area contributed by atoms with E-state index in [9.17, 15) is 9.59 Å². The van der Waals surface area contributed by atoms with Crippen LogP contribution in [-0.2, 0) is 5.41 Å². The van der Waals surface area contributed by atoms with Crippen LogP contribution in [0.3, 0.4) is 0 Å². The second-order valence-corrected chi connectivity index (χ2v) is 9.05. The van der Waals surface area contributed by atoms with Crippen molar-refractivity contribution in [3.63, 3.8) is 0 Å². The lowest BCUT2D eigenvalue weighted by molar-refractivity contribution is 0.0948. The SMILES string of the molecule is CN(C(=O)c1cccs1)c1ccccc1C(=O)NCC(C)(c1ccccc1)c1ccccc1. The molecule has 2 amide bonds. The first-order chi connectivity index (χ1) is 16.0. The van der Waals surface area contributed by atoms with Crippen molar-refractivity contribution in [2.45, 2.75) is 12.3 Å². The predicted molar refractivity (Wildman–Crippen MR) is 135 cm³/mol. The molecule has 0 aliphatic rings. The molecule has 166 valence electrons. The standard InChI is InChI=1S/C28H26N2O2S/c1-28(21-12-5-3-6-13-21,22-14-7-4-8-15-22)20-29-26(31)23-16-9-10-17-24(23)30(2)27(32)25-18-11-19-33-25/h3-19H,20H2,1-2H3,(H,29,31). The molecule has 0 aliphatic heterocycles. The number of rotatable bonds is 7. The number of hydrogen-bond acceptors (Lipinski definition) is 3. The second-order valence-electron chi connectivity index (χ2n) is 8.11. The van der Waals surface area contributed by atoms with Gasteiger partial charge in [-0.3, -0.25) is 9.59 Å². The number of para-hydroxylation sites is 1. The summed E-state index contributed by atoms with van der Waals surface area (Å²) in [5.41, 5.74) is 2.87. The first-order valence-electron chi connectivity index (χ1n) is 10.8. The average molecular weight is 455 g/mol. The average Bonchev–Trinajstić information content (AvgIpc) is 3.42. The number of anilines is 1. The molecule has 1 aromatic heterocycles. The van der Waals surface area contributed by atoms with Gasteiger partial charge in [0.1, 0.15) is 0 Å². The van der Waals surface area contributed by atoms with E-state index in [2.05, 4.69) is 36.5 Å². The van der Waals surface area contributed by atoms with Crippen LogP contribution >= 0.6 is 11.3 Å². The molecule has 0 aliphatic carbocycles. The van der Waals surface area contributed by atoms with Gasteiger partial charge < -0.3 is 10.2 Å². The summed E-state index contributed by atoms with van der Waals surface area (Å²) in [5.74, 6) is -0.349. The van der Waals surface area contributed by atoms with Gasteiger partial charge in [0.05, 0.1) is 16.1 Å². The summed E-state index contributed by atoms with van der Waals surface area (Å²) in [4.78, 5) is 28.4. The van der Waals surface area contributed by atoms with Gasteiger partial charge in [0.2, 0.25) is 0 Å². The number of carbonyl (C=O) groups excluding carboxylic acids is 2. The summed E-state index contributed by atoms with van der Waals surface area (Å²) in [7, 11) is 1.70. The Balaban J connectivity index is 1.60. The zero-order valence-electron chi connectivity index (χ0n) is 18.7. The first kappa shape index (κ1) is 22.5. The van der Waals surface area contributed by atoms with E-state index < -0.39 is 5.41 Å². The number of thiophene rings is 1. The zero-order valence-corrected chi connectivity index (χ0v) is 19.5. The minimum Gasteiger partial charge on any atom is -0.351 e. The van der Waals surface area contributed by atoms with Gasteiger partial charge in [0.25, 0.3) is 11.8 Å². The number of nitrogens with one attached hydrogen (secondary N) is 1. The van der Waals surface area contributed by atoms with E-state index in [1.807, 2.05) is 60.0 Å². The summed E-state index contributed by atoms with van der Waals surface area (Å²) in [6.45, 7) is 2.55. The lowest BCUT2D eigenvalue weighted by atomic mass is 9.76. The number of carbonyl (C=O) groups is 2. The van der Waals surface area contributed by atoms with Crippen molar-refractivity contribution in [1.29, 1.82) is 0 Å². The molecule has 0 spiro atoms. The lowest BCUT2D eigenvalue weighted by Crippen LogP contribution is -2.40. The highest BCUT2D eigenvalue weighted by Crippen LogP contribution is 2.31. The van der Waals surface area contributed by atoms with Crippen LogP contribution in [0.1, 0.15) is 38.1 Å². The van der Waals surface area contributed by atoms with Gasteiger partial charge in [-0.15, -0.1) is 11.3 Å². The third-order valence-electron chi connectivity index (χ3n) is 5.97. The summed E-state index contributed by atoms with van der Waals surface area (Å²) in [6.07, 6.45) is 0. The molecule has 1 N–H and O–H groups in total. The monoisotopic (exact) mass is 454 g/mol. The van der Waals surface area contributed by atoms with Gasteiger partial charge >= 0.3 is 0 Å². The van der Waals surface area contributed by atoms with E-state index >= 15 is 0 Å². The van der Waals surface area contributed by atoms with E-state index in [1.54, 1.807) is 25.2 Å².